The van der Waals surface area contributed by atoms with Gasteiger partial charge in [0.1, 0.15) is 5.75 Å². The quantitative estimate of drug-likeness (QED) is 0.877. The highest BCUT2D eigenvalue weighted by molar-refractivity contribution is 7.92. The summed E-state index contributed by atoms with van der Waals surface area (Å²) in [6.45, 7) is 0.374. The molecule has 0 atom stereocenters. The predicted molar refractivity (Wildman–Crippen MR) is 75.6 cm³/mol. The number of hydrogen-bond donors (Lipinski definition) is 2. The highest BCUT2D eigenvalue weighted by Gasteiger charge is 2.31. The fourth-order valence-corrected chi connectivity index (χ4v) is 3.91. The molecule has 2 heterocycles. The number of para-hydroxylation sites is 2. The van der Waals surface area contributed by atoms with Crippen LogP contribution in [0.1, 0.15) is 12.0 Å². The average molecular weight is 309 g/mol. The van der Waals surface area contributed by atoms with Gasteiger partial charge in [0, 0.05) is 18.5 Å². The molecule has 7 nitrogen and oxygen atoms in total. The molecule has 8 heteroatoms. The van der Waals surface area contributed by atoms with Crippen molar-refractivity contribution in [2.75, 3.05) is 17.5 Å². The first-order valence-corrected chi connectivity index (χ1v) is 7.96. The van der Waals surface area contributed by atoms with Crippen LogP contribution in [0.3, 0.4) is 0 Å². The molecule has 0 fully saturated rings. The van der Waals surface area contributed by atoms with E-state index in [0.29, 0.717) is 31.0 Å². The zero-order chi connectivity index (χ0) is 14.9. The first-order valence-electron chi connectivity index (χ1n) is 6.52. The lowest BCUT2D eigenvalue weighted by Gasteiger charge is -2.22. The third-order valence-corrected chi connectivity index (χ3v) is 5.12. The highest BCUT2D eigenvalue weighted by atomic mass is 32.2. The second kappa shape index (κ2) is 5.38. The molecule has 1 aliphatic heterocycles. The van der Waals surface area contributed by atoms with Gasteiger partial charge in [-0.1, -0.05) is 12.1 Å². The van der Waals surface area contributed by atoms with Gasteiger partial charge in [-0.3, -0.25) is 9.40 Å². The number of hydrogen-bond acceptors (Lipinski definition) is 5. The van der Waals surface area contributed by atoms with E-state index in [1.165, 1.54) is 10.5 Å². The zero-order valence-electron chi connectivity index (χ0n) is 11.2. The summed E-state index contributed by atoms with van der Waals surface area (Å²) in [5, 5.41) is 15.3. The molecular weight excluding hydrogens is 294 g/mol. The minimum Gasteiger partial charge on any atom is -0.491 e. The van der Waals surface area contributed by atoms with E-state index in [-0.39, 0.29) is 10.6 Å². The minimum atomic E-state index is -3.82. The van der Waals surface area contributed by atoms with E-state index in [4.69, 9.17) is 4.74 Å². The summed E-state index contributed by atoms with van der Waals surface area (Å²) in [6.07, 6.45) is 1.89. The van der Waals surface area contributed by atoms with Gasteiger partial charge in [0.25, 0.3) is 10.0 Å². The van der Waals surface area contributed by atoms with Crippen LogP contribution < -0.4 is 9.04 Å². The van der Waals surface area contributed by atoms with Crippen LogP contribution in [0.25, 0.3) is 0 Å². The molecule has 0 saturated heterocycles. The number of benzene rings is 1. The lowest BCUT2D eigenvalue weighted by atomic mass is 10.3. The number of rotatable bonds is 3. The molecule has 112 valence electrons. The molecule has 0 radical (unpaired) electrons. The molecule has 1 aliphatic rings. The first kappa shape index (κ1) is 13.9. The third kappa shape index (κ3) is 2.36. The fraction of sp³-hybridized carbons (Fsp3) is 0.308. The summed E-state index contributed by atoms with van der Waals surface area (Å²) in [5.41, 5.74) is 0.742. The minimum absolute atomic E-state index is 0.0818. The van der Waals surface area contributed by atoms with Crippen molar-refractivity contribution in [1.82, 2.24) is 10.2 Å². The number of nitrogens with zero attached hydrogens (tertiary/aromatic N) is 2. The smallest absolute Gasteiger partial charge is 0.281 e. The Balaban J connectivity index is 2.11. The second-order valence-corrected chi connectivity index (χ2v) is 6.43. The van der Waals surface area contributed by atoms with Crippen LogP contribution in [0.15, 0.2) is 35.5 Å². The van der Waals surface area contributed by atoms with Crippen molar-refractivity contribution in [2.45, 2.75) is 18.1 Å². The van der Waals surface area contributed by atoms with Gasteiger partial charge in [0.05, 0.1) is 25.1 Å². The topological polar surface area (TPSA) is 95.5 Å². The van der Waals surface area contributed by atoms with Gasteiger partial charge in [0.2, 0.25) is 0 Å². The Morgan fingerprint density at radius 1 is 1.38 bits per heavy atom. The number of fused-ring (bicyclic) bond motifs is 1. The van der Waals surface area contributed by atoms with Crippen LogP contribution in [0.2, 0.25) is 0 Å². The van der Waals surface area contributed by atoms with Crippen LogP contribution in [-0.2, 0) is 16.6 Å². The molecule has 2 N–H and O–H groups in total. The van der Waals surface area contributed by atoms with Crippen molar-refractivity contribution < 1.29 is 18.3 Å². The molecule has 2 aromatic rings. The van der Waals surface area contributed by atoms with Crippen molar-refractivity contribution in [3.63, 3.8) is 0 Å². The number of H-pyrrole nitrogens is 1. The molecule has 0 aliphatic carbocycles. The SMILES string of the molecule is O=S(=O)(c1[nH]ncc1CO)N1CCCOc2ccccc21. The van der Waals surface area contributed by atoms with Crippen LogP contribution in [0, 0.1) is 0 Å². The summed E-state index contributed by atoms with van der Waals surface area (Å²) in [7, 11) is -3.82. The Labute approximate surface area is 122 Å². The van der Waals surface area contributed by atoms with Gasteiger partial charge < -0.3 is 9.84 Å². The molecule has 1 aromatic heterocycles. The molecular formula is C13H15N3O4S. The number of nitrogens with one attached hydrogen (secondary N) is 1. The molecule has 0 saturated carbocycles. The summed E-state index contributed by atoms with van der Waals surface area (Å²) in [6, 6.07) is 7.00. The summed E-state index contributed by atoms with van der Waals surface area (Å²) in [4.78, 5) is 0. The van der Waals surface area contributed by atoms with Gasteiger partial charge >= 0.3 is 0 Å². The molecule has 0 unspecified atom stereocenters. The van der Waals surface area contributed by atoms with E-state index >= 15 is 0 Å². The van der Waals surface area contributed by atoms with Gasteiger partial charge in [-0.2, -0.15) is 13.5 Å². The monoisotopic (exact) mass is 309 g/mol. The van der Waals surface area contributed by atoms with Gasteiger partial charge in [-0.05, 0) is 12.1 Å². The molecule has 0 spiro atoms. The molecule has 1 aromatic carbocycles. The van der Waals surface area contributed by atoms with E-state index in [0.717, 1.165) is 0 Å². The van der Waals surface area contributed by atoms with Crippen LogP contribution >= 0.6 is 0 Å². The Kier molecular flexibility index (Phi) is 3.56. The van der Waals surface area contributed by atoms with Crippen molar-refractivity contribution >= 4 is 15.7 Å². The van der Waals surface area contributed by atoms with Gasteiger partial charge in [-0.25, -0.2) is 0 Å². The van der Waals surface area contributed by atoms with Crippen LogP contribution in [0.4, 0.5) is 5.69 Å². The highest BCUT2D eigenvalue weighted by Crippen LogP contribution is 2.34. The summed E-state index contributed by atoms with van der Waals surface area (Å²) >= 11 is 0. The van der Waals surface area contributed by atoms with Gasteiger partial charge in [-0.15, -0.1) is 0 Å². The van der Waals surface area contributed by atoms with E-state index < -0.39 is 16.6 Å². The van der Waals surface area contributed by atoms with Crippen molar-refractivity contribution in [3.8, 4) is 5.75 Å². The number of aliphatic hydroxyl groups excluding tert-OH is 1. The average Bonchev–Trinajstić information content (AvgIpc) is 2.87. The van der Waals surface area contributed by atoms with Crippen LogP contribution in [0.5, 0.6) is 5.75 Å². The molecule has 0 bridgehead atoms. The summed E-state index contributed by atoms with van der Waals surface area (Å²) in [5.74, 6) is 0.531. The maximum atomic E-state index is 12.8. The second-order valence-electron chi connectivity index (χ2n) is 4.63. The largest absolute Gasteiger partial charge is 0.491 e. The van der Waals surface area contributed by atoms with E-state index in [1.54, 1.807) is 24.3 Å². The van der Waals surface area contributed by atoms with Crippen molar-refractivity contribution in [3.05, 3.63) is 36.0 Å². The van der Waals surface area contributed by atoms with Crippen molar-refractivity contribution in [2.24, 2.45) is 0 Å². The fourth-order valence-electron chi connectivity index (χ4n) is 2.29. The van der Waals surface area contributed by atoms with E-state index in [1.807, 2.05) is 0 Å². The van der Waals surface area contributed by atoms with E-state index in [9.17, 15) is 13.5 Å². The number of sulfonamides is 1. The van der Waals surface area contributed by atoms with Crippen LogP contribution in [-0.4, -0.2) is 36.9 Å². The Morgan fingerprint density at radius 2 is 2.19 bits per heavy atom. The number of anilines is 1. The Hall–Kier alpha value is -2.06. The lowest BCUT2D eigenvalue weighted by Crippen LogP contribution is -2.32. The zero-order valence-corrected chi connectivity index (χ0v) is 12.0. The predicted octanol–water partition coefficient (Wildman–Crippen LogP) is 0.880. The lowest BCUT2D eigenvalue weighted by molar-refractivity contribution is 0.278. The summed E-state index contributed by atoms with van der Waals surface area (Å²) < 4.78 is 32.5. The Morgan fingerprint density at radius 3 is 3.00 bits per heavy atom. The third-order valence-electron chi connectivity index (χ3n) is 3.29. The standard InChI is InChI=1S/C13H15N3O4S/c17-9-10-8-14-15-13(10)21(18,19)16-6-3-7-20-12-5-2-1-4-11(12)16/h1-2,4-5,8,17H,3,6-7,9H2,(H,14,15). The van der Waals surface area contributed by atoms with E-state index in [2.05, 4.69) is 10.2 Å². The van der Waals surface area contributed by atoms with Crippen molar-refractivity contribution in [1.29, 1.82) is 0 Å². The molecule has 21 heavy (non-hydrogen) atoms. The Bertz CT molecular complexity index is 741. The number of aromatic amines is 1. The van der Waals surface area contributed by atoms with Gasteiger partial charge in [0.15, 0.2) is 5.03 Å². The molecule has 3 rings (SSSR count). The number of aliphatic hydroxyl groups is 1. The maximum absolute atomic E-state index is 12.8. The maximum Gasteiger partial charge on any atom is 0.281 e. The molecule has 0 amide bonds. The normalized spacial score (nSPS) is 15.2. The number of aromatic nitrogens is 2. The first-order chi connectivity index (χ1) is 10.1. The number of ether oxygens (including phenoxy) is 1.